The quantitative estimate of drug-likeness (QED) is 0.389. The monoisotopic (exact) mass is 346 g/mol. The van der Waals surface area contributed by atoms with Crippen LogP contribution in [0.15, 0.2) is 42.6 Å². The van der Waals surface area contributed by atoms with E-state index < -0.39 is 5.97 Å². The molecule has 2 rings (SSSR count). The number of halogens is 1. The average Bonchev–Trinajstić information content (AvgIpc) is 2.52. The lowest BCUT2D eigenvalue weighted by molar-refractivity contribution is -0.132. The summed E-state index contributed by atoms with van der Waals surface area (Å²) >= 11 is 5.76. The summed E-state index contributed by atoms with van der Waals surface area (Å²) in [5.41, 5.74) is 1.22. The smallest absolute Gasteiger partial charge is 0.308 e. The Kier molecular flexibility index (Phi) is 5.92. The SMILES string of the molecule is COc1ccc(/C=C/C(=O)Nc2ccnc(Cl)c2)cc1OC(C)=O. The summed E-state index contributed by atoms with van der Waals surface area (Å²) in [5, 5.41) is 2.95. The maximum absolute atomic E-state index is 11.9. The molecule has 0 saturated heterocycles. The number of anilines is 1. The highest BCUT2D eigenvalue weighted by molar-refractivity contribution is 6.29. The summed E-state index contributed by atoms with van der Waals surface area (Å²) in [4.78, 5) is 26.9. The topological polar surface area (TPSA) is 77.5 Å². The van der Waals surface area contributed by atoms with Crippen LogP contribution >= 0.6 is 11.6 Å². The van der Waals surface area contributed by atoms with E-state index in [1.54, 1.807) is 36.4 Å². The van der Waals surface area contributed by atoms with Crippen molar-refractivity contribution in [3.63, 3.8) is 0 Å². The molecule has 24 heavy (non-hydrogen) atoms. The van der Waals surface area contributed by atoms with Gasteiger partial charge in [-0.1, -0.05) is 17.7 Å². The molecule has 6 nitrogen and oxygen atoms in total. The first-order valence-electron chi connectivity index (χ1n) is 6.95. The molecule has 0 aliphatic heterocycles. The van der Waals surface area contributed by atoms with Gasteiger partial charge in [0.15, 0.2) is 11.5 Å². The molecule has 0 bridgehead atoms. The van der Waals surface area contributed by atoms with Gasteiger partial charge in [-0.05, 0) is 35.9 Å². The van der Waals surface area contributed by atoms with Crippen LogP contribution in [0.3, 0.4) is 0 Å². The molecule has 7 heteroatoms. The van der Waals surface area contributed by atoms with E-state index in [0.29, 0.717) is 17.0 Å². The molecular weight excluding hydrogens is 332 g/mol. The summed E-state index contributed by atoms with van der Waals surface area (Å²) in [6.45, 7) is 1.30. The van der Waals surface area contributed by atoms with Crippen LogP contribution in [0.25, 0.3) is 6.08 Å². The summed E-state index contributed by atoms with van der Waals surface area (Å²) in [5.74, 6) is -0.0736. The number of nitrogens with one attached hydrogen (secondary N) is 1. The Morgan fingerprint density at radius 1 is 1.21 bits per heavy atom. The lowest BCUT2D eigenvalue weighted by Crippen LogP contribution is -2.07. The molecule has 0 saturated carbocycles. The molecule has 124 valence electrons. The summed E-state index contributed by atoms with van der Waals surface area (Å²) < 4.78 is 10.2. The number of amides is 1. The zero-order valence-corrected chi connectivity index (χ0v) is 13.8. The van der Waals surface area contributed by atoms with Crippen molar-refractivity contribution in [3.05, 3.63) is 53.3 Å². The molecule has 0 atom stereocenters. The highest BCUT2D eigenvalue weighted by atomic mass is 35.5. The van der Waals surface area contributed by atoms with Crippen molar-refractivity contribution in [2.75, 3.05) is 12.4 Å². The number of nitrogens with zero attached hydrogens (tertiary/aromatic N) is 1. The van der Waals surface area contributed by atoms with Crippen LogP contribution in [0.1, 0.15) is 12.5 Å². The van der Waals surface area contributed by atoms with Crippen LogP contribution in [0.4, 0.5) is 5.69 Å². The number of aromatic nitrogens is 1. The molecule has 0 spiro atoms. The average molecular weight is 347 g/mol. The van der Waals surface area contributed by atoms with Gasteiger partial charge in [0.1, 0.15) is 5.15 Å². The van der Waals surface area contributed by atoms with Crippen molar-refractivity contribution in [2.45, 2.75) is 6.92 Å². The predicted molar refractivity (Wildman–Crippen MR) is 91.2 cm³/mol. The second-order valence-corrected chi connectivity index (χ2v) is 5.08. The number of methoxy groups -OCH3 is 1. The minimum Gasteiger partial charge on any atom is -0.493 e. The molecule has 0 aliphatic rings. The maximum Gasteiger partial charge on any atom is 0.308 e. The van der Waals surface area contributed by atoms with Crippen LogP contribution in [-0.2, 0) is 9.59 Å². The van der Waals surface area contributed by atoms with Crippen molar-refractivity contribution < 1.29 is 19.1 Å². The van der Waals surface area contributed by atoms with E-state index in [2.05, 4.69) is 10.3 Å². The number of ether oxygens (including phenoxy) is 2. The van der Waals surface area contributed by atoms with Gasteiger partial charge in [0.05, 0.1) is 7.11 Å². The van der Waals surface area contributed by atoms with Gasteiger partial charge in [-0.15, -0.1) is 0 Å². The van der Waals surface area contributed by atoms with E-state index in [0.717, 1.165) is 0 Å². The number of carbonyl (C=O) groups is 2. The molecule has 0 radical (unpaired) electrons. The Hall–Kier alpha value is -2.86. The first-order valence-corrected chi connectivity index (χ1v) is 7.33. The highest BCUT2D eigenvalue weighted by Crippen LogP contribution is 2.28. The Bertz CT molecular complexity index is 790. The van der Waals surface area contributed by atoms with E-state index in [9.17, 15) is 9.59 Å². The van der Waals surface area contributed by atoms with E-state index in [4.69, 9.17) is 21.1 Å². The van der Waals surface area contributed by atoms with Crippen LogP contribution in [-0.4, -0.2) is 24.0 Å². The largest absolute Gasteiger partial charge is 0.493 e. The molecule has 1 amide bonds. The first kappa shape index (κ1) is 17.5. The van der Waals surface area contributed by atoms with E-state index in [-0.39, 0.29) is 16.8 Å². The third-order valence-corrected chi connectivity index (χ3v) is 3.07. The lowest BCUT2D eigenvalue weighted by Gasteiger charge is -2.08. The molecule has 1 aromatic heterocycles. The van der Waals surface area contributed by atoms with E-state index >= 15 is 0 Å². The van der Waals surface area contributed by atoms with Gasteiger partial charge in [0, 0.05) is 24.9 Å². The number of benzene rings is 1. The highest BCUT2D eigenvalue weighted by Gasteiger charge is 2.07. The standard InChI is InChI=1S/C17H15ClN2O4/c1-11(21)24-15-9-12(3-5-14(15)23-2)4-6-17(22)20-13-7-8-19-16(18)10-13/h3-10H,1-2H3,(H,19,20,22)/b6-4+. The van der Waals surface area contributed by atoms with E-state index in [1.165, 1.54) is 26.3 Å². The Morgan fingerprint density at radius 2 is 2.00 bits per heavy atom. The van der Waals surface area contributed by atoms with Gasteiger partial charge in [0.2, 0.25) is 5.91 Å². The molecule has 0 fully saturated rings. The Balaban J connectivity index is 2.10. The van der Waals surface area contributed by atoms with Crippen molar-refractivity contribution in [3.8, 4) is 11.5 Å². The molecule has 1 N–H and O–H groups in total. The second kappa shape index (κ2) is 8.12. The van der Waals surface area contributed by atoms with Crippen molar-refractivity contribution in [1.29, 1.82) is 0 Å². The number of hydrogen-bond donors (Lipinski definition) is 1. The van der Waals surface area contributed by atoms with Gasteiger partial charge < -0.3 is 14.8 Å². The summed E-state index contributed by atoms with van der Waals surface area (Å²) in [6.07, 6.45) is 4.44. The normalized spacial score (nSPS) is 10.5. The van der Waals surface area contributed by atoms with Crippen LogP contribution in [0, 0.1) is 0 Å². The lowest BCUT2D eigenvalue weighted by atomic mass is 10.2. The first-order chi connectivity index (χ1) is 11.5. The summed E-state index contributed by atoms with van der Waals surface area (Å²) in [6, 6.07) is 8.16. The fourth-order valence-electron chi connectivity index (χ4n) is 1.87. The third-order valence-electron chi connectivity index (χ3n) is 2.86. The molecule has 1 heterocycles. The molecule has 1 aromatic carbocycles. The number of carbonyl (C=O) groups excluding carboxylic acids is 2. The third kappa shape index (κ3) is 5.10. The van der Waals surface area contributed by atoms with Gasteiger partial charge in [0.25, 0.3) is 0 Å². The minimum absolute atomic E-state index is 0.286. The van der Waals surface area contributed by atoms with Crippen LogP contribution in [0.2, 0.25) is 5.15 Å². The van der Waals surface area contributed by atoms with Gasteiger partial charge in [-0.2, -0.15) is 0 Å². The van der Waals surface area contributed by atoms with Crippen molar-refractivity contribution in [2.24, 2.45) is 0 Å². The number of pyridine rings is 1. The zero-order chi connectivity index (χ0) is 17.5. The number of hydrogen-bond acceptors (Lipinski definition) is 5. The molecule has 0 aliphatic carbocycles. The Morgan fingerprint density at radius 3 is 2.67 bits per heavy atom. The Labute approximate surface area is 144 Å². The summed E-state index contributed by atoms with van der Waals surface area (Å²) in [7, 11) is 1.48. The van der Waals surface area contributed by atoms with Gasteiger partial charge in [-0.3, -0.25) is 9.59 Å². The van der Waals surface area contributed by atoms with Crippen LogP contribution < -0.4 is 14.8 Å². The number of esters is 1. The zero-order valence-electron chi connectivity index (χ0n) is 13.1. The predicted octanol–water partition coefficient (Wildman–Crippen LogP) is 3.32. The van der Waals surface area contributed by atoms with Crippen LogP contribution in [0.5, 0.6) is 11.5 Å². The van der Waals surface area contributed by atoms with Gasteiger partial charge >= 0.3 is 5.97 Å². The van der Waals surface area contributed by atoms with E-state index in [1.807, 2.05) is 0 Å². The fraction of sp³-hybridized carbons (Fsp3) is 0.118. The molecule has 0 unspecified atom stereocenters. The van der Waals surface area contributed by atoms with Crippen molar-refractivity contribution in [1.82, 2.24) is 4.98 Å². The minimum atomic E-state index is -0.457. The fourth-order valence-corrected chi connectivity index (χ4v) is 2.04. The molecular formula is C17H15ClN2O4. The molecule has 2 aromatic rings. The van der Waals surface area contributed by atoms with Crippen molar-refractivity contribution >= 4 is 35.2 Å². The van der Waals surface area contributed by atoms with Gasteiger partial charge in [-0.25, -0.2) is 4.98 Å². The second-order valence-electron chi connectivity index (χ2n) is 4.69. The maximum atomic E-state index is 11.9. The number of rotatable bonds is 5.